The molecule has 0 spiro atoms. The summed E-state index contributed by atoms with van der Waals surface area (Å²) in [6.07, 6.45) is 0.423. The molecule has 0 atom stereocenters. The maximum Gasteiger partial charge on any atom is 0.309 e. The Morgan fingerprint density at radius 1 is 1.44 bits per heavy atom. The van der Waals surface area contributed by atoms with E-state index in [1.54, 1.807) is 13.8 Å². The van der Waals surface area contributed by atoms with E-state index in [1.165, 1.54) is 5.56 Å². The van der Waals surface area contributed by atoms with Gasteiger partial charge in [0.2, 0.25) is 0 Å². The molecule has 0 saturated carbocycles. The molecule has 1 N–H and O–H groups in total. The largest absolute Gasteiger partial charge is 0.481 e. The first-order valence-corrected chi connectivity index (χ1v) is 5.96. The molecular weight excluding hydrogens is 228 g/mol. The molecule has 4 nitrogen and oxygen atoms in total. The summed E-state index contributed by atoms with van der Waals surface area (Å²) in [5, 5.41) is 9.18. The van der Waals surface area contributed by atoms with E-state index in [1.807, 2.05) is 30.7 Å². The molecule has 1 aromatic carbocycles. The van der Waals surface area contributed by atoms with Crippen molar-refractivity contribution in [3.05, 3.63) is 29.6 Å². The third-order valence-electron chi connectivity index (χ3n) is 3.31. The average molecular weight is 246 g/mol. The highest BCUT2D eigenvalue weighted by Crippen LogP contribution is 2.24. The topological polar surface area (TPSA) is 55.1 Å². The number of hydrogen-bond acceptors (Lipinski definition) is 2. The van der Waals surface area contributed by atoms with E-state index in [2.05, 4.69) is 11.1 Å². The zero-order valence-electron chi connectivity index (χ0n) is 11.2. The summed E-state index contributed by atoms with van der Waals surface area (Å²) < 4.78 is 1.98. The van der Waals surface area contributed by atoms with Crippen molar-refractivity contribution in [1.29, 1.82) is 0 Å². The molecule has 0 aliphatic rings. The Labute approximate surface area is 106 Å². The van der Waals surface area contributed by atoms with E-state index in [9.17, 15) is 9.90 Å². The highest BCUT2D eigenvalue weighted by atomic mass is 16.4. The molecule has 1 aromatic heterocycles. The number of imidazole rings is 1. The molecule has 0 aliphatic heterocycles. The van der Waals surface area contributed by atoms with Crippen LogP contribution in [0.15, 0.2) is 18.2 Å². The second-order valence-electron chi connectivity index (χ2n) is 5.45. The third kappa shape index (κ3) is 2.10. The van der Waals surface area contributed by atoms with Crippen molar-refractivity contribution in [1.82, 2.24) is 9.55 Å². The smallest absolute Gasteiger partial charge is 0.309 e. The quantitative estimate of drug-likeness (QED) is 0.905. The van der Waals surface area contributed by atoms with Crippen LogP contribution in [0.5, 0.6) is 0 Å². The minimum Gasteiger partial charge on any atom is -0.481 e. The number of carboxylic acids is 1. The molecule has 0 amide bonds. The highest BCUT2D eigenvalue weighted by molar-refractivity contribution is 5.77. The molecule has 96 valence electrons. The van der Waals surface area contributed by atoms with Gasteiger partial charge in [-0.2, -0.15) is 0 Å². The maximum absolute atomic E-state index is 11.2. The van der Waals surface area contributed by atoms with E-state index in [0.717, 1.165) is 16.9 Å². The Balaban J connectivity index is 2.47. The third-order valence-corrected chi connectivity index (χ3v) is 3.31. The van der Waals surface area contributed by atoms with Gasteiger partial charge in [0.1, 0.15) is 5.82 Å². The monoisotopic (exact) mass is 246 g/mol. The first-order valence-electron chi connectivity index (χ1n) is 5.96. The van der Waals surface area contributed by atoms with Gasteiger partial charge in [-0.15, -0.1) is 0 Å². The zero-order chi connectivity index (χ0) is 13.5. The molecule has 2 rings (SSSR count). The number of aryl methyl sites for hydroxylation is 2. The molecule has 18 heavy (non-hydrogen) atoms. The van der Waals surface area contributed by atoms with Crippen LogP contribution in [0, 0.1) is 12.3 Å². The zero-order valence-corrected chi connectivity index (χ0v) is 11.2. The van der Waals surface area contributed by atoms with Crippen LogP contribution in [0.2, 0.25) is 0 Å². The van der Waals surface area contributed by atoms with Gasteiger partial charge in [0.15, 0.2) is 0 Å². The fraction of sp³-hybridized carbons (Fsp3) is 0.429. The van der Waals surface area contributed by atoms with Crippen molar-refractivity contribution in [3.8, 4) is 0 Å². The van der Waals surface area contributed by atoms with E-state index >= 15 is 0 Å². The van der Waals surface area contributed by atoms with Crippen molar-refractivity contribution in [3.63, 3.8) is 0 Å². The number of fused-ring (bicyclic) bond motifs is 1. The fourth-order valence-electron chi connectivity index (χ4n) is 1.98. The van der Waals surface area contributed by atoms with Crippen molar-refractivity contribution < 1.29 is 9.90 Å². The first kappa shape index (κ1) is 12.6. The molecular formula is C14H18N2O2. The summed E-state index contributed by atoms with van der Waals surface area (Å²) in [5.74, 6) is 0.00809. The molecule has 4 heteroatoms. The summed E-state index contributed by atoms with van der Waals surface area (Å²) in [6, 6.07) is 6.06. The second kappa shape index (κ2) is 4.12. The van der Waals surface area contributed by atoms with Crippen LogP contribution in [0.25, 0.3) is 11.0 Å². The van der Waals surface area contributed by atoms with E-state index < -0.39 is 11.4 Å². The maximum atomic E-state index is 11.2. The lowest BCUT2D eigenvalue weighted by atomic mass is 9.89. The lowest BCUT2D eigenvalue weighted by Crippen LogP contribution is -2.27. The van der Waals surface area contributed by atoms with Crippen LogP contribution in [0.1, 0.15) is 25.2 Å². The van der Waals surface area contributed by atoms with Crippen LogP contribution >= 0.6 is 0 Å². The second-order valence-corrected chi connectivity index (χ2v) is 5.45. The molecule has 0 radical (unpaired) electrons. The molecule has 0 aliphatic carbocycles. The van der Waals surface area contributed by atoms with Crippen LogP contribution in [0.4, 0.5) is 0 Å². The van der Waals surface area contributed by atoms with Gasteiger partial charge in [0.25, 0.3) is 0 Å². The number of aliphatic carboxylic acids is 1. The number of aromatic nitrogens is 2. The van der Waals surface area contributed by atoms with Gasteiger partial charge in [-0.3, -0.25) is 4.79 Å². The number of benzene rings is 1. The number of hydrogen-bond donors (Lipinski definition) is 1. The predicted octanol–water partition coefficient (Wildman–Crippen LogP) is 2.54. The average Bonchev–Trinajstić information content (AvgIpc) is 2.56. The van der Waals surface area contributed by atoms with Crippen LogP contribution in [0.3, 0.4) is 0 Å². The Hall–Kier alpha value is -1.84. The van der Waals surface area contributed by atoms with Crippen molar-refractivity contribution >= 4 is 17.0 Å². The van der Waals surface area contributed by atoms with Gasteiger partial charge < -0.3 is 9.67 Å². The van der Waals surface area contributed by atoms with E-state index in [4.69, 9.17) is 0 Å². The number of carboxylic acid groups (broad SMARTS) is 1. The first-order chi connectivity index (χ1) is 8.31. The lowest BCUT2D eigenvalue weighted by Gasteiger charge is -2.18. The molecule has 0 saturated heterocycles. The molecule has 1 heterocycles. The van der Waals surface area contributed by atoms with Crippen molar-refractivity contribution in [2.75, 3.05) is 0 Å². The molecule has 0 bridgehead atoms. The minimum atomic E-state index is -0.801. The summed E-state index contributed by atoms with van der Waals surface area (Å²) in [6.45, 7) is 5.48. The Morgan fingerprint density at radius 3 is 2.72 bits per heavy atom. The normalized spacial score (nSPS) is 12.0. The number of rotatable bonds is 3. The Kier molecular flexibility index (Phi) is 2.89. The fourth-order valence-corrected chi connectivity index (χ4v) is 1.98. The van der Waals surface area contributed by atoms with Crippen molar-refractivity contribution in [2.24, 2.45) is 12.5 Å². The Bertz CT molecular complexity index is 612. The number of nitrogens with zero attached hydrogens (tertiary/aromatic N) is 2. The van der Waals surface area contributed by atoms with Gasteiger partial charge in [0.05, 0.1) is 16.4 Å². The summed E-state index contributed by atoms with van der Waals surface area (Å²) >= 11 is 0. The SMILES string of the molecule is Cc1ccc2nc(CC(C)(C)C(=O)O)n(C)c2c1. The van der Waals surface area contributed by atoms with Gasteiger partial charge >= 0.3 is 5.97 Å². The summed E-state index contributed by atoms with van der Waals surface area (Å²) in [4.78, 5) is 15.7. The molecule has 0 fully saturated rings. The van der Waals surface area contributed by atoms with Gasteiger partial charge in [0, 0.05) is 13.5 Å². The summed E-state index contributed by atoms with van der Waals surface area (Å²) in [7, 11) is 1.93. The van der Waals surface area contributed by atoms with Gasteiger partial charge in [-0.1, -0.05) is 6.07 Å². The van der Waals surface area contributed by atoms with Crippen LogP contribution in [-0.2, 0) is 18.3 Å². The summed E-state index contributed by atoms with van der Waals surface area (Å²) in [5.41, 5.74) is 2.34. The van der Waals surface area contributed by atoms with E-state index in [0.29, 0.717) is 6.42 Å². The van der Waals surface area contributed by atoms with E-state index in [-0.39, 0.29) is 0 Å². The predicted molar refractivity (Wildman–Crippen MR) is 70.6 cm³/mol. The molecule has 2 aromatic rings. The van der Waals surface area contributed by atoms with Gasteiger partial charge in [-0.25, -0.2) is 4.98 Å². The minimum absolute atomic E-state index is 0.423. The number of carbonyl (C=O) groups is 1. The molecule has 0 unspecified atom stereocenters. The van der Waals surface area contributed by atoms with Crippen molar-refractivity contribution in [2.45, 2.75) is 27.2 Å². The van der Waals surface area contributed by atoms with Crippen LogP contribution in [-0.4, -0.2) is 20.6 Å². The van der Waals surface area contributed by atoms with Crippen LogP contribution < -0.4 is 0 Å². The lowest BCUT2D eigenvalue weighted by molar-refractivity contribution is -0.146. The Morgan fingerprint density at radius 2 is 2.11 bits per heavy atom. The van der Waals surface area contributed by atoms with Gasteiger partial charge in [-0.05, 0) is 38.5 Å². The standard InChI is InChI=1S/C14H18N2O2/c1-9-5-6-10-11(7-9)16(4)12(15-10)8-14(2,3)13(17)18/h5-7H,8H2,1-4H3,(H,17,18). The highest BCUT2D eigenvalue weighted by Gasteiger charge is 2.29.